The third-order valence-corrected chi connectivity index (χ3v) is 3.63. The topological polar surface area (TPSA) is 88.1 Å². The maximum atomic E-state index is 12.2. The van der Waals surface area contributed by atoms with E-state index in [9.17, 15) is 9.59 Å². The Bertz CT molecular complexity index is 723. The Morgan fingerprint density at radius 2 is 2.04 bits per heavy atom. The number of urea groups is 1. The van der Waals surface area contributed by atoms with Crippen LogP contribution >= 0.6 is 0 Å². The Balaban J connectivity index is 2.07. The van der Waals surface area contributed by atoms with Gasteiger partial charge in [-0.3, -0.25) is 9.48 Å². The zero-order chi connectivity index (χ0) is 17.0. The molecule has 0 radical (unpaired) electrons. The number of rotatable bonds is 4. The molecule has 7 nitrogen and oxygen atoms in total. The molecule has 122 valence electrons. The SMILES string of the molecule is CNC(=O)c1cccc(NC(=O)NC(C)c2cnn(C)c2)c1C. The number of anilines is 1. The van der Waals surface area contributed by atoms with Crippen LogP contribution < -0.4 is 16.0 Å². The van der Waals surface area contributed by atoms with Crippen molar-refractivity contribution in [2.24, 2.45) is 7.05 Å². The first kappa shape index (κ1) is 16.5. The number of benzene rings is 1. The average molecular weight is 315 g/mol. The van der Waals surface area contributed by atoms with E-state index < -0.39 is 0 Å². The number of hydrogen-bond acceptors (Lipinski definition) is 3. The molecule has 2 rings (SSSR count). The lowest BCUT2D eigenvalue weighted by Crippen LogP contribution is -2.31. The van der Waals surface area contributed by atoms with Crippen molar-refractivity contribution < 1.29 is 9.59 Å². The van der Waals surface area contributed by atoms with Crippen LogP contribution in [0.3, 0.4) is 0 Å². The highest BCUT2D eigenvalue weighted by Crippen LogP contribution is 2.19. The maximum Gasteiger partial charge on any atom is 0.319 e. The van der Waals surface area contributed by atoms with Gasteiger partial charge < -0.3 is 16.0 Å². The minimum atomic E-state index is -0.335. The van der Waals surface area contributed by atoms with Crippen molar-refractivity contribution in [2.75, 3.05) is 12.4 Å². The monoisotopic (exact) mass is 315 g/mol. The third-order valence-electron chi connectivity index (χ3n) is 3.63. The molecule has 7 heteroatoms. The zero-order valence-electron chi connectivity index (χ0n) is 13.7. The predicted octanol–water partition coefficient (Wildman–Crippen LogP) is 1.97. The highest BCUT2D eigenvalue weighted by molar-refractivity contribution is 5.98. The van der Waals surface area contributed by atoms with Gasteiger partial charge in [0, 0.05) is 37.1 Å². The number of hydrogen-bond donors (Lipinski definition) is 3. The molecular formula is C16H21N5O2. The zero-order valence-corrected chi connectivity index (χ0v) is 13.7. The van der Waals surface area contributed by atoms with Gasteiger partial charge in [0.25, 0.3) is 5.91 Å². The first-order chi connectivity index (χ1) is 10.9. The van der Waals surface area contributed by atoms with E-state index in [-0.39, 0.29) is 18.0 Å². The van der Waals surface area contributed by atoms with Crippen LogP contribution in [-0.2, 0) is 7.05 Å². The molecule has 1 atom stereocenters. The van der Waals surface area contributed by atoms with E-state index in [1.54, 1.807) is 43.0 Å². The Morgan fingerprint density at radius 1 is 1.30 bits per heavy atom. The van der Waals surface area contributed by atoms with Crippen molar-refractivity contribution in [2.45, 2.75) is 19.9 Å². The molecule has 0 spiro atoms. The summed E-state index contributed by atoms with van der Waals surface area (Å²) in [5, 5.41) is 12.3. The molecule has 0 fully saturated rings. The molecule has 0 saturated carbocycles. The highest BCUT2D eigenvalue weighted by Gasteiger charge is 2.14. The van der Waals surface area contributed by atoms with Gasteiger partial charge in [0.1, 0.15) is 0 Å². The minimum absolute atomic E-state index is 0.175. The van der Waals surface area contributed by atoms with Crippen molar-refractivity contribution in [1.82, 2.24) is 20.4 Å². The predicted molar refractivity (Wildman–Crippen MR) is 88.3 cm³/mol. The molecular weight excluding hydrogens is 294 g/mol. The van der Waals surface area contributed by atoms with E-state index >= 15 is 0 Å². The standard InChI is InChI=1S/C16H21N5O2/c1-10-13(15(22)17-3)6-5-7-14(10)20-16(23)19-11(2)12-8-18-21(4)9-12/h5-9,11H,1-4H3,(H,17,22)(H2,19,20,23). The van der Waals surface area contributed by atoms with E-state index in [2.05, 4.69) is 21.0 Å². The van der Waals surface area contributed by atoms with Crippen LogP contribution in [0.1, 0.15) is 34.5 Å². The van der Waals surface area contributed by atoms with Crippen LogP contribution in [0.25, 0.3) is 0 Å². The number of nitrogens with one attached hydrogen (secondary N) is 3. The number of carbonyl (C=O) groups excluding carboxylic acids is 2. The fourth-order valence-electron chi connectivity index (χ4n) is 2.25. The summed E-state index contributed by atoms with van der Waals surface area (Å²) in [5.74, 6) is -0.185. The average Bonchev–Trinajstić information content (AvgIpc) is 2.95. The lowest BCUT2D eigenvalue weighted by molar-refractivity contribution is 0.0962. The molecule has 0 bridgehead atoms. The number of carbonyl (C=O) groups is 2. The summed E-state index contributed by atoms with van der Waals surface area (Å²) in [7, 11) is 3.40. The van der Waals surface area contributed by atoms with E-state index in [0.29, 0.717) is 11.3 Å². The van der Waals surface area contributed by atoms with Crippen LogP contribution in [0.5, 0.6) is 0 Å². The molecule has 1 aromatic carbocycles. The normalized spacial score (nSPS) is 11.7. The van der Waals surface area contributed by atoms with Gasteiger partial charge in [-0.1, -0.05) is 6.07 Å². The first-order valence-electron chi connectivity index (χ1n) is 7.30. The molecule has 3 amide bonds. The van der Waals surface area contributed by atoms with E-state index in [4.69, 9.17) is 0 Å². The molecule has 1 aromatic heterocycles. The van der Waals surface area contributed by atoms with Gasteiger partial charge in [0.15, 0.2) is 0 Å². The van der Waals surface area contributed by atoms with Gasteiger partial charge in [-0.05, 0) is 31.5 Å². The third kappa shape index (κ3) is 3.88. The van der Waals surface area contributed by atoms with Crippen molar-refractivity contribution in [1.29, 1.82) is 0 Å². The first-order valence-corrected chi connectivity index (χ1v) is 7.30. The molecule has 3 N–H and O–H groups in total. The largest absolute Gasteiger partial charge is 0.355 e. The number of aryl methyl sites for hydroxylation is 1. The molecule has 1 unspecified atom stereocenters. The summed E-state index contributed by atoms with van der Waals surface area (Å²) in [5.41, 5.74) is 2.77. The fraction of sp³-hybridized carbons (Fsp3) is 0.312. The molecule has 0 aliphatic rings. The fourth-order valence-corrected chi connectivity index (χ4v) is 2.25. The second kappa shape index (κ2) is 6.95. The smallest absolute Gasteiger partial charge is 0.319 e. The van der Waals surface area contributed by atoms with E-state index in [1.807, 2.05) is 20.2 Å². The minimum Gasteiger partial charge on any atom is -0.355 e. The van der Waals surface area contributed by atoms with E-state index in [0.717, 1.165) is 11.1 Å². The summed E-state index contributed by atoms with van der Waals surface area (Å²) < 4.78 is 1.68. The molecule has 23 heavy (non-hydrogen) atoms. The Morgan fingerprint density at radius 3 is 2.65 bits per heavy atom. The highest BCUT2D eigenvalue weighted by atomic mass is 16.2. The Labute approximate surface area is 135 Å². The van der Waals surface area contributed by atoms with Gasteiger partial charge in [0.2, 0.25) is 0 Å². The van der Waals surface area contributed by atoms with Gasteiger partial charge in [0.05, 0.1) is 12.2 Å². The van der Waals surface area contributed by atoms with Crippen molar-refractivity contribution in [3.8, 4) is 0 Å². The summed E-state index contributed by atoms with van der Waals surface area (Å²) >= 11 is 0. The van der Waals surface area contributed by atoms with Crippen LogP contribution in [0.2, 0.25) is 0 Å². The molecule has 2 aromatic rings. The van der Waals surface area contributed by atoms with Gasteiger partial charge >= 0.3 is 6.03 Å². The Hall–Kier alpha value is -2.83. The van der Waals surface area contributed by atoms with Crippen molar-refractivity contribution >= 4 is 17.6 Å². The number of amides is 3. The van der Waals surface area contributed by atoms with Crippen LogP contribution in [-0.4, -0.2) is 28.8 Å². The lowest BCUT2D eigenvalue weighted by Gasteiger charge is -2.15. The molecule has 1 heterocycles. The van der Waals surface area contributed by atoms with Crippen LogP contribution in [0, 0.1) is 6.92 Å². The van der Waals surface area contributed by atoms with Crippen LogP contribution in [0.4, 0.5) is 10.5 Å². The number of nitrogens with zero attached hydrogens (tertiary/aromatic N) is 2. The van der Waals surface area contributed by atoms with Crippen molar-refractivity contribution in [3.05, 3.63) is 47.3 Å². The summed E-state index contributed by atoms with van der Waals surface area (Å²) in [6.07, 6.45) is 3.56. The lowest BCUT2D eigenvalue weighted by atomic mass is 10.1. The second-order valence-corrected chi connectivity index (χ2v) is 5.32. The molecule has 0 saturated heterocycles. The van der Waals surface area contributed by atoms with Gasteiger partial charge in [-0.25, -0.2) is 4.79 Å². The quantitative estimate of drug-likeness (QED) is 0.806. The second-order valence-electron chi connectivity index (χ2n) is 5.32. The van der Waals surface area contributed by atoms with Gasteiger partial charge in [-0.15, -0.1) is 0 Å². The Kier molecular flexibility index (Phi) is 5.00. The molecule has 0 aliphatic heterocycles. The maximum absolute atomic E-state index is 12.2. The van der Waals surface area contributed by atoms with Crippen molar-refractivity contribution in [3.63, 3.8) is 0 Å². The summed E-state index contributed by atoms with van der Waals surface area (Å²) in [6.45, 7) is 3.68. The van der Waals surface area contributed by atoms with Crippen LogP contribution in [0.15, 0.2) is 30.6 Å². The van der Waals surface area contributed by atoms with E-state index in [1.165, 1.54) is 0 Å². The molecule has 0 aliphatic carbocycles. The van der Waals surface area contributed by atoms with Gasteiger partial charge in [-0.2, -0.15) is 5.10 Å². The summed E-state index contributed by atoms with van der Waals surface area (Å²) in [6, 6.07) is 4.70. The summed E-state index contributed by atoms with van der Waals surface area (Å²) in [4.78, 5) is 23.9. The number of aromatic nitrogens is 2.